The van der Waals surface area contributed by atoms with Crippen molar-refractivity contribution in [3.8, 4) is 0 Å². The van der Waals surface area contributed by atoms with Gasteiger partial charge in [0.25, 0.3) is 0 Å². The molecule has 114 valence electrons. The van der Waals surface area contributed by atoms with E-state index in [4.69, 9.17) is 0 Å². The average Bonchev–Trinajstić information content (AvgIpc) is 2.17. The lowest BCUT2D eigenvalue weighted by molar-refractivity contribution is -0.127. The van der Waals surface area contributed by atoms with Crippen LogP contribution in [-0.2, 0) is 14.8 Å². The lowest BCUT2D eigenvalue weighted by Gasteiger charge is -2.33. The van der Waals surface area contributed by atoms with Gasteiger partial charge in [-0.1, -0.05) is 6.92 Å². The van der Waals surface area contributed by atoms with Gasteiger partial charge in [0.1, 0.15) is 5.54 Å². The maximum absolute atomic E-state index is 12.1. The van der Waals surface area contributed by atoms with Crippen LogP contribution >= 0.6 is 12.4 Å². The third kappa shape index (κ3) is 6.07. The molecule has 1 aliphatic heterocycles. The monoisotopic (exact) mass is 313 g/mol. The Morgan fingerprint density at radius 3 is 2.42 bits per heavy atom. The molecule has 2 atom stereocenters. The van der Waals surface area contributed by atoms with Crippen LogP contribution in [0.25, 0.3) is 0 Å². The van der Waals surface area contributed by atoms with Gasteiger partial charge in [-0.3, -0.25) is 4.79 Å². The number of hydrogen-bond acceptors (Lipinski definition) is 4. The molecule has 1 saturated heterocycles. The number of amides is 1. The molecule has 6 nitrogen and oxygen atoms in total. The van der Waals surface area contributed by atoms with E-state index in [0.29, 0.717) is 5.92 Å². The van der Waals surface area contributed by atoms with Crippen molar-refractivity contribution < 1.29 is 13.2 Å². The molecule has 1 heterocycles. The fourth-order valence-electron chi connectivity index (χ4n) is 2.04. The molecule has 19 heavy (non-hydrogen) atoms. The molecule has 0 aromatic rings. The summed E-state index contributed by atoms with van der Waals surface area (Å²) < 4.78 is 24.7. The molecular formula is C11H24ClN3O3S. The van der Waals surface area contributed by atoms with Crippen molar-refractivity contribution in [3.63, 3.8) is 0 Å². The Kier molecular flexibility index (Phi) is 6.74. The molecule has 1 aliphatic rings. The number of sulfonamides is 1. The van der Waals surface area contributed by atoms with Gasteiger partial charge in [-0.25, -0.2) is 13.1 Å². The van der Waals surface area contributed by atoms with Crippen LogP contribution < -0.4 is 15.4 Å². The van der Waals surface area contributed by atoms with Gasteiger partial charge in [-0.15, -0.1) is 12.4 Å². The summed E-state index contributed by atoms with van der Waals surface area (Å²) in [7, 11) is -3.41. The van der Waals surface area contributed by atoms with Gasteiger partial charge in [-0.2, -0.15) is 0 Å². The Hall–Kier alpha value is -0.370. The summed E-state index contributed by atoms with van der Waals surface area (Å²) in [4.78, 5) is 12.1. The fraction of sp³-hybridized carbons (Fsp3) is 0.909. The largest absolute Gasteiger partial charge is 0.350 e. The number of rotatable bonds is 4. The van der Waals surface area contributed by atoms with E-state index in [9.17, 15) is 13.2 Å². The maximum Gasteiger partial charge on any atom is 0.240 e. The molecule has 0 aliphatic carbocycles. The number of carbonyl (C=O) groups excluding carboxylic acids is 1. The number of carbonyl (C=O) groups is 1. The number of hydrogen-bond donors (Lipinski definition) is 3. The molecule has 0 aromatic heterocycles. The fourth-order valence-corrected chi connectivity index (χ4v) is 3.06. The van der Waals surface area contributed by atoms with Crippen LogP contribution in [0.2, 0.25) is 0 Å². The van der Waals surface area contributed by atoms with Gasteiger partial charge in [0.05, 0.1) is 6.26 Å². The van der Waals surface area contributed by atoms with Crippen molar-refractivity contribution in [2.24, 2.45) is 5.92 Å². The smallest absolute Gasteiger partial charge is 0.240 e. The second-order valence-corrected chi connectivity index (χ2v) is 7.30. The van der Waals surface area contributed by atoms with Crippen LogP contribution in [0.5, 0.6) is 0 Å². The summed E-state index contributed by atoms with van der Waals surface area (Å²) in [6.07, 6.45) is 2.05. The van der Waals surface area contributed by atoms with E-state index in [2.05, 4.69) is 22.3 Å². The molecule has 2 unspecified atom stereocenters. The minimum Gasteiger partial charge on any atom is -0.350 e. The third-order valence-electron chi connectivity index (χ3n) is 3.15. The first-order valence-electron chi connectivity index (χ1n) is 6.12. The van der Waals surface area contributed by atoms with Crippen LogP contribution in [0.4, 0.5) is 0 Å². The van der Waals surface area contributed by atoms with Crippen LogP contribution in [0, 0.1) is 5.92 Å². The zero-order valence-electron chi connectivity index (χ0n) is 11.8. The Balaban J connectivity index is 0.00000324. The highest BCUT2D eigenvalue weighted by Gasteiger charge is 2.33. The van der Waals surface area contributed by atoms with Crippen LogP contribution in [0.15, 0.2) is 0 Å². The summed E-state index contributed by atoms with van der Waals surface area (Å²) in [5.41, 5.74) is -1.13. The number of halogens is 1. The van der Waals surface area contributed by atoms with Gasteiger partial charge in [-0.05, 0) is 32.7 Å². The van der Waals surface area contributed by atoms with E-state index in [0.717, 1.165) is 25.8 Å². The number of piperidine rings is 1. The second-order valence-electron chi connectivity index (χ2n) is 5.55. The van der Waals surface area contributed by atoms with Crippen LogP contribution in [0.1, 0.15) is 27.2 Å². The maximum atomic E-state index is 12.1. The van der Waals surface area contributed by atoms with Gasteiger partial charge >= 0.3 is 0 Å². The predicted molar refractivity (Wildman–Crippen MR) is 77.9 cm³/mol. The van der Waals surface area contributed by atoms with Crippen molar-refractivity contribution in [3.05, 3.63) is 0 Å². The Bertz CT molecular complexity index is 411. The highest BCUT2D eigenvalue weighted by molar-refractivity contribution is 7.88. The predicted octanol–water partition coefficient (Wildman–Crippen LogP) is -0.150. The molecule has 1 fully saturated rings. The SMILES string of the molecule is CC1CCNCC1NC(=O)C(C)(C)NS(C)(=O)=O.Cl. The van der Waals surface area contributed by atoms with Crippen molar-refractivity contribution in [2.45, 2.75) is 38.8 Å². The number of nitrogens with one attached hydrogen (secondary N) is 3. The van der Waals surface area contributed by atoms with Crippen molar-refractivity contribution in [1.29, 1.82) is 0 Å². The van der Waals surface area contributed by atoms with Crippen molar-refractivity contribution >= 4 is 28.3 Å². The zero-order chi connectivity index (χ0) is 14.0. The summed E-state index contributed by atoms with van der Waals surface area (Å²) >= 11 is 0. The van der Waals surface area contributed by atoms with Gasteiger partial charge < -0.3 is 10.6 Å². The Labute approximate surface area is 121 Å². The summed E-state index contributed by atoms with van der Waals surface area (Å²) in [6, 6.07) is 0.0480. The summed E-state index contributed by atoms with van der Waals surface area (Å²) in [5.74, 6) is 0.0951. The van der Waals surface area contributed by atoms with E-state index in [-0.39, 0.29) is 24.4 Å². The molecule has 1 rings (SSSR count). The highest BCUT2D eigenvalue weighted by atomic mass is 35.5. The Morgan fingerprint density at radius 2 is 1.95 bits per heavy atom. The molecule has 0 saturated carbocycles. The average molecular weight is 314 g/mol. The quantitative estimate of drug-likeness (QED) is 0.673. The minimum atomic E-state index is -3.41. The van der Waals surface area contributed by atoms with Gasteiger partial charge in [0, 0.05) is 12.6 Å². The topological polar surface area (TPSA) is 87.3 Å². The normalized spacial score (nSPS) is 24.4. The lowest BCUT2D eigenvalue weighted by atomic mass is 9.93. The van der Waals surface area contributed by atoms with Crippen LogP contribution in [0.3, 0.4) is 0 Å². The molecule has 8 heteroatoms. The van der Waals surface area contributed by atoms with E-state index >= 15 is 0 Å². The standard InChI is InChI=1S/C11H23N3O3S.ClH/c1-8-5-6-12-7-9(8)13-10(15)11(2,3)14-18(4,16)17;/h8-9,12,14H,5-7H2,1-4H3,(H,13,15);1H. The van der Waals surface area contributed by atoms with Gasteiger partial charge in [0.15, 0.2) is 0 Å². The Morgan fingerprint density at radius 1 is 1.37 bits per heavy atom. The second kappa shape index (κ2) is 6.88. The highest BCUT2D eigenvalue weighted by Crippen LogP contribution is 2.13. The molecule has 0 spiro atoms. The molecular weight excluding hydrogens is 290 g/mol. The molecule has 3 N–H and O–H groups in total. The summed E-state index contributed by atoms with van der Waals surface area (Å²) in [5, 5.41) is 6.12. The van der Waals surface area contributed by atoms with E-state index in [1.54, 1.807) is 13.8 Å². The molecule has 0 bridgehead atoms. The molecule has 0 radical (unpaired) electrons. The minimum absolute atomic E-state index is 0. The first kappa shape index (κ1) is 18.6. The first-order valence-corrected chi connectivity index (χ1v) is 8.01. The lowest BCUT2D eigenvalue weighted by Crippen LogP contribution is -2.59. The van der Waals surface area contributed by atoms with E-state index in [1.165, 1.54) is 0 Å². The van der Waals surface area contributed by atoms with E-state index in [1.807, 2.05) is 0 Å². The molecule has 1 amide bonds. The van der Waals surface area contributed by atoms with Crippen molar-refractivity contribution in [2.75, 3.05) is 19.3 Å². The zero-order valence-corrected chi connectivity index (χ0v) is 13.5. The van der Waals surface area contributed by atoms with Crippen molar-refractivity contribution in [1.82, 2.24) is 15.4 Å². The van der Waals surface area contributed by atoms with E-state index < -0.39 is 15.6 Å². The van der Waals surface area contributed by atoms with Crippen LogP contribution in [-0.4, -0.2) is 45.3 Å². The third-order valence-corrected chi connectivity index (χ3v) is 4.03. The first-order chi connectivity index (χ1) is 8.12. The molecule has 0 aromatic carbocycles. The van der Waals surface area contributed by atoms with Gasteiger partial charge in [0.2, 0.25) is 15.9 Å². The summed E-state index contributed by atoms with van der Waals surface area (Å²) in [6.45, 7) is 6.89.